The van der Waals surface area contributed by atoms with E-state index in [9.17, 15) is 18.8 Å². The molecule has 1 heterocycles. The third-order valence-corrected chi connectivity index (χ3v) is 3.73. The summed E-state index contributed by atoms with van der Waals surface area (Å²) in [4.78, 5) is 35.2. The number of hydrogen-bond acceptors (Lipinski definition) is 3. The normalized spacial score (nSPS) is 10.1. The van der Waals surface area contributed by atoms with Crippen LogP contribution in [-0.2, 0) is 18.4 Å². The molecule has 8 nitrogen and oxygen atoms in total. The Morgan fingerprint density at radius 3 is 2.42 bits per heavy atom. The first-order chi connectivity index (χ1) is 12.3. The molecule has 10 heteroatoms. The molecule has 0 spiro atoms. The number of halogens is 2. The zero-order valence-corrected chi connectivity index (χ0v) is 15.4. The van der Waals surface area contributed by atoms with Crippen LogP contribution < -0.4 is 21.5 Å². The molecule has 4 N–H and O–H groups in total. The second kappa shape index (κ2) is 8.99. The Morgan fingerprint density at radius 2 is 1.81 bits per heavy atom. The third kappa shape index (κ3) is 5.88. The lowest BCUT2D eigenvalue weighted by molar-refractivity contribution is -0.120. The van der Waals surface area contributed by atoms with Gasteiger partial charge in [-0.05, 0) is 39.7 Å². The summed E-state index contributed by atoms with van der Waals surface area (Å²) in [5.41, 5.74) is 5.52. The van der Waals surface area contributed by atoms with Gasteiger partial charge in [0.1, 0.15) is 18.1 Å². The molecule has 0 saturated carbocycles. The van der Waals surface area contributed by atoms with Gasteiger partial charge in [-0.15, -0.1) is 0 Å². The molecular weight excluding hydrogens is 409 g/mol. The fourth-order valence-corrected chi connectivity index (χ4v) is 2.52. The van der Waals surface area contributed by atoms with Crippen molar-refractivity contribution >= 4 is 33.8 Å². The molecule has 0 atom stereocenters. The van der Waals surface area contributed by atoms with Gasteiger partial charge in [0.05, 0.1) is 0 Å². The molecule has 0 unspecified atom stereocenters. The Bertz CT molecular complexity index is 807. The lowest BCUT2D eigenvalue weighted by Crippen LogP contribution is -2.48. The van der Waals surface area contributed by atoms with Crippen molar-refractivity contribution in [2.45, 2.75) is 6.54 Å². The summed E-state index contributed by atoms with van der Waals surface area (Å²) in [7, 11) is 1.69. The van der Waals surface area contributed by atoms with Crippen LogP contribution in [0.5, 0.6) is 0 Å². The quantitative estimate of drug-likeness (QED) is 0.540. The number of benzene rings is 1. The van der Waals surface area contributed by atoms with Gasteiger partial charge in [-0.3, -0.25) is 20.4 Å². The Hall–Kier alpha value is -2.88. The van der Waals surface area contributed by atoms with Gasteiger partial charge in [0.25, 0.3) is 11.8 Å². The average molecular weight is 426 g/mol. The van der Waals surface area contributed by atoms with E-state index < -0.39 is 17.8 Å². The first-order valence-corrected chi connectivity index (χ1v) is 8.31. The molecule has 0 radical (unpaired) electrons. The van der Waals surface area contributed by atoms with Crippen LogP contribution in [0.15, 0.2) is 41.0 Å². The lowest BCUT2D eigenvalue weighted by atomic mass is 10.2. The van der Waals surface area contributed by atoms with Crippen LogP contribution in [-0.4, -0.2) is 29.0 Å². The number of aryl methyl sites for hydroxylation is 1. The van der Waals surface area contributed by atoms with Crippen LogP contribution >= 0.6 is 15.9 Å². The number of carbonyl (C=O) groups is 3. The lowest BCUT2D eigenvalue weighted by Gasteiger charge is -2.10. The number of nitrogens with one attached hydrogen (secondary N) is 4. The number of aromatic nitrogens is 1. The van der Waals surface area contributed by atoms with Crippen molar-refractivity contribution in [2.24, 2.45) is 7.05 Å². The highest BCUT2D eigenvalue weighted by Gasteiger charge is 2.12. The van der Waals surface area contributed by atoms with E-state index in [4.69, 9.17) is 0 Å². The minimum Gasteiger partial charge on any atom is -0.345 e. The maximum absolute atomic E-state index is 12.8. The molecule has 0 bridgehead atoms. The summed E-state index contributed by atoms with van der Waals surface area (Å²) in [5, 5.41) is 4.87. The van der Waals surface area contributed by atoms with E-state index in [1.807, 2.05) is 0 Å². The van der Waals surface area contributed by atoms with Crippen molar-refractivity contribution in [3.05, 3.63) is 58.1 Å². The summed E-state index contributed by atoms with van der Waals surface area (Å²) in [6, 6.07) is 6.69. The number of carbonyl (C=O) groups excluding carboxylic acids is 3. The van der Waals surface area contributed by atoms with Crippen molar-refractivity contribution in [2.75, 3.05) is 6.54 Å². The van der Waals surface area contributed by atoms with Gasteiger partial charge in [-0.25, -0.2) is 9.18 Å². The summed E-state index contributed by atoms with van der Waals surface area (Å²) in [6.07, 6.45) is 1.70. The van der Waals surface area contributed by atoms with Crippen molar-refractivity contribution < 1.29 is 18.8 Å². The molecule has 0 fully saturated rings. The topological polar surface area (TPSA) is 104 Å². The predicted octanol–water partition coefficient (Wildman–Crippen LogP) is 1.19. The second-order valence-corrected chi connectivity index (χ2v) is 6.24. The van der Waals surface area contributed by atoms with Crippen molar-refractivity contribution in [1.29, 1.82) is 0 Å². The Labute approximate surface area is 157 Å². The monoisotopic (exact) mass is 425 g/mol. The molecular formula is C16H17BrFN5O3. The van der Waals surface area contributed by atoms with E-state index in [-0.39, 0.29) is 18.9 Å². The summed E-state index contributed by atoms with van der Waals surface area (Å²) < 4.78 is 15.1. The molecule has 4 amide bonds. The van der Waals surface area contributed by atoms with Crippen LogP contribution in [0.4, 0.5) is 9.18 Å². The molecule has 0 aliphatic heterocycles. The van der Waals surface area contributed by atoms with E-state index in [1.54, 1.807) is 36.0 Å². The Kier molecular flexibility index (Phi) is 6.73. The van der Waals surface area contributed by atoms with Crippen molar-refractivity contribution in [3.63, 3.8) is 0 Å². The van der Waals surface area contributed by atoms with Crippen molar-refractivity contribution in [1.82, 2.24) is 26.1 Å². The highest BCUT2D eigenvalue weighted by molar-refractivity contribution is 9.10. The molecule has 2 aromatic rings. The zero-order chi connectivity index (χ0) is 19.1. The van der Waals surface area contributed by atoms with Gasteiger partial charge >= 0.3 is 6.03 Å². The second-order valence-electron chi connectivity index (χ2n) is 5.32. The molecule has 0 aliphatic rings. The minimum absolute atomic E-state index is 0.187. The number of nitrogens with zero attached hydrogens (tertiary/aromatic N) is 1. The smallest absolute Gasteiger partial charge is 0.315 e. The van der Waals surface area contributed by atoms with E-state index in [2.05, 4.69) is 37.4 Å². The van der Waals surface area contributed by atoms with Gasteiger partial charge in [0, 0.05) is 24.3 Å². The molecule has 1 aromatic heterocycles. The molecule has 0 saturated heterocycles. The molecule has 1 aromatic carbocycles. The fourth-order valence-electron chi connectivity index (χ4n) is 1.99. The number of hydrazine groups is 1. The van der Waals surface area contributed by atoms with Crippen LogP contribution in [0.1, 0.15) is 16.1 Å². The third-order valence-electron chi connectivity index (χ3n) is 3.30. The van der Waals surface area contributed by atoms with Crippen LogP contribution in [0, 0.1) is 5.82 Å². The minimum atomic E-state index is -0.594. The summed E-state index contributed by atoms with van der Waals surface area (Å²) >= 11 is 3.25. The molecule has 0 aliphatic carbocycles. The summed E-state index contributed by atoms with van der Waals surface area (Å²) in [6.45, 7) is -0.140. The number of hydrogen-bond donors (Lipinski definition) is 4. The van der Waals surface area contributed by atoms with E-state index in [1.165, 1.54) is 12.1 Å². The highest BCUT2D eigenvalue weighted by Crippen LogP contribution is 2.13. The van der Waals surface area contributed by atoms with E-state index >= 15 is 0 Å². The van der Waals surface area contributed by atoms with Gasteiger partial charge in [-0.1, -0.05) is 12.1 Å². The standard InChI is InChI=1S/C16H17BrFN5O3/c1-23-9-11(17)6-13(23)15(25)22-21-14(24)8-20-16(26)19-7-10-2-4-12(18)5-3-10/h2-6,9H,7-8H2,1H3,(H,21,24)(H,22,25)(H2,19,20,26). The van der Waals surface area contributed by atoms with Gasteiger partial charge in [0.2, 0.25) is 0 Å². The highest BCUT2D eigenvalue weighted by atomic mass is 79.9. The van der Waals surface area contributed by atoms with Crippen LogP contribution in [0.2, 0.25) is 0 Å². The fraction of sp³-hybridized carbons (Fsp3) is 0.188. The van der Waals surface area contributed by atoms with Crippen molar-refractivity contribution in [3.8, 4) is 0 Å². The predicted molar refractivity (Wildman–Crippen MR) is 95.4 cm³/mol. The number of urea groups is 1. The molecule has 26 heavy (non-hydrogen) atoms. The molecule has 138 valence electrons. The Morgan fingerprint density at radius 1 is 1.12 bits per heavy atom. The maximum atomic E-state index is 12.8. The van der Waals surface area contributed by atoms with Gasteiger partial charge in [0.15, 0.2) is 0 Å². The van der Waals surface area contributed by atoms with Gasteiger partial charge < -0.3 is 15.2 Å². The zero-order valence-electron chi connectivity index (χ0n) is 13.8. The maximum Gasteiger partial charge on any atom is 0.315 e. The Balaban J connectivity index is 1.67. The van der Waals surface area contributed by atoms with Crippen LogP contribution in [0.25, 0.3) is 0 Å². The van der Waals surface area contributed by atoms with E-state index in [0.29, 0.717) is 11.3 Å². The van der Waals surface area contributed by atoms with Gasteiger partial charge in [-0.2, -0.15) is 0 Å². The average Bonchev–Trinajstić information content (AvgIpc) is 2.95. The number of rotatable bonds is 5. The van der Waals surface area contributed by atoms with E-state index in [0.717, 1.165) is 4.47 Å². The molecule has 2 rings (SSSR count). The largest absolute Gasteiger partial charge is 0.345 e. The SMILES string of the molecule is Cn1cc(Br)cc1C(=O)NNC(=O)CNC(=O)NCc1ccc(F)cc1. The van der Waals surface area contributed by atoms with Crippen LogP contribution in [0.3, 0.4) is 0 Å². The first kappa shape index (κ1) is 19.4. The number of amides is 4. The first-order valence-electron chi connectivity index (χ1n) is 7.52. The summed E-state index contributed by atoms with van der Waals surface area (Å²) in [5.74, 6) is -1.45.